The molecule has 3 aromatic rings. The molecule has 1 aliphatic rings. The van der Waals surface area contributed by atoms with Crippen molar-refractivity contribution >= 4 is 17.5 Å². The highest BCUT2D eigenvalue weighted by Crippen LogP contribution is 2.27. The molecule has 0 spiro atoms. The van der Waals surface area contributed by atoms with Crippen LogP contribution in [-0.2, 0) is 9.59 Å². The van der Waals surface area contributed by atoms with Gasteiger partial charge in [-0.3, -0.25) is 19.5 Å². The minimum Gasteiger partial charge on any atom is -0.497 e. The number of anilines is 1. The first-order valence-corrected chi connectivity index (χ1v) is 11.1. The molecule has 0 saturated carbocycles. The zero-order chi connectivity index (χ0) is 23.9. The number of methoxy groups -OCH3 is 1. The predicted octanol–water partition coefficient (Wildman–Crippen LogP) is 3.73. The van der Waals surface area contributed by atoms with E-state index in [0.717, 1.165) is 11.3 Å². The molecule has 8 nitrogen and oxygen atoms in total. The average molecular weight is 461 g/mol. The van der Waals surface area contributed by atoms with Gasteiger partial charge in [0.2, 0.25) is 11.8 Å². The van der Waals surface area contributed by atoms with Gasteiger partial charge in [-0.05, 0) is 54.1 Å². The zero-order valence-corrected chi connectivity index (χ0v) is 19.3. The second-order valence-corrected chi connectivity index (χ2v) is 8.10. The molecule has 1 N–H and O–H groups in total. The van der Waals surface area contributed by atoms with Gasteiger partial charge in [-0.15, -0.1) is 0 Å². The Morgan fingerprint density at radius 2 is 1.74 bits per heavy atom. The van der Waals surface area contributed by atoms with E-state index in [1.54, 1.807) is 56.8 Å². The van der Waals surface area contributed by atoms with Crippen LogP contribution in [0.3, 0.4) is 0 Å². The third-order valence-electron chi connectivity index (χ3n) is 5.74. The van der Waals surface area contributed by atoms with Gasteiger partial charge in [0.25, 0.3) is 0 Å². The van der Waals surface area contributed by atoms with Crippen LogP contribution < -0.4 is 14.8 Å². The third kappa shape index (κ3) is 5.90. The number of benzene rings is 2. The molecule has 0 unspecified atom stereocenters. The lowest BCUT2D eigenvalue weighted by molar-refractivity contribution is -0.134. The molecule has 1 atom stereocenters. The van der Waals surface area contributed by atoms with E-state index in [-0.39, 0.29) is 24.4 Å². The molecule has 1 saturated heterocycles. The lowest BCUT2D eigenvalue weighted by Gasteiger charge is -2.41. The van der Waals surface area contributed by atoms with Crippen molar-refractivity contribution in [2.45, 2.75) is 13.0 Å². The molecule has 0 bridgehead atoms. The van der Waals surface area contributed by atoms with Crippen LogP contribution in [0.4, 0.5) is 5.69 Å². The third-order valence-corrected chi connectivity index (χ3v) is 5.74. The Morgan fingerprint density at radius 3 is 2.38 bits per heavy atom. The van der Waals surface area contributed by atoms with E-state index in [0.29, 0.717) is 36.8 Å². The summed E-state index contributed by atoms with van der Waals surface area (Å²) in [6.45, 7) is 3.61. The van der Waals surface area contributed by atoms with Crippen LogP contribution >= 0.6 is 0 Å². The number of piperazine rings is 1. The van der Waals surface area contributed by atoms with Crippen molar-refractivity contribution < 1.29 is 19.1 Å². The van der Waals surface area contributed by atoms with Crippen molar-refractivity contribution in [1.82, 2.24) is 14.8 Å². The predicted molar refractivity (Wildman–Crippen MR) is 129 cm³/mol. The Morgan fingerprint density at radius 1 is 1.00 bits per heavy atom. The Bertz CT molecular complexity index is 1100. The summed E-state index contributed by atoms with van der Waals surface area (Å²) in [5.74, 6) is 2.00. The van der Waals surface area contributed by atoms with Crippen LogP contribution in [0.2, 0.25) is 0 Å². The molecule has 1 fully saturated rings. The zero-order valence-electron chi connectivity index (χ0n) is 19.3. The summed E-state index contributed by atoms with van der Waals surface area (Å²) in [5, 5.41) is 2.94. The number of amides is 2. The second-order valence-electron chi connectivity index (χ2n) is 8.10. The number of rotatable bonds is 7. The number of aromatic nitrogens is 1. The van der Waals surface area contributed by atoms with Gasteiger partial charge in [-0.2, -0.15) is 0 Å². The molecule has 8 heteroatoms. The minimum atomic E-state index is -0.117. The molecule has 176 valence electrons. The van der Waals surface area contributed by atoms with E-state index in [9.17, 15) is 9.59 Å². The molecule has 2 aromatic carbocycles. The maximum atomic E-state index is 12.7. The van der Waals surface area contributed by atoms with Crippen LogP contribution in [0.1, 0.15) is 18.5 Å². The van der Waals surface area contributed by atoms with Crippen molar-refractivity contribution in [3.63, 3.8) is 0 Å². The standard InChI is InChI=1S/C26H28N4O4/c1-19(31)30-15-14-29(17-25(30)20-5-9-22(33-2)10-6-20)18-26(32)28-21-7-11-23(12-8-21)34-24-4-3-13-27-16-24/h3-13,16,25H,14-15,17-18H2,1-2H3,(H,28,32)/t25-/m0/s1. The van der Waals surface area contributed by atoms with E-state index in [4.69, 9.17) is 9.47 Å². The average Bonchev–Trinajstić information content (AvgIpc) is 2.86. The summed E-state index contributed by atoms with van der Waals surface area (Å²) in [6.07, 6.45) is 3.32. The highest BCUT2D eigenvalue weighted by Gasteiger charge is 2.30. The lowest BCUT2D eigenvalue weighted by Crippen LogP contribution is -2.51. The van der Waals surface area contributed by atoms with E-state index >= 15 is 0 Å². The topological polar surface area (TPSA) is 84.0 Å². The largest absolute Gasteiger partial charge is 0.497 e. The first-order valence-electron chi connectivity index (χ1n) is 11.1. The molecule has 0 aliphatic carbocycles. The quantitative estimate of drug-likeness (QED) is 0.579. The van der Waals surface area contributed by atoms with Crippen LogP contribution in [0, 0.1) is 0 Å². The fourth-order valence-electron chi connectivity index (χ4n) is 4.02. The molecule has 0 radical (unpaired) electrons. The molecule has 34 heavy (non-hydrogen) atoms. The van der Waals surface area contributed by atoms with E-state index < -0.39 is 0 Å². The summed E-state index contributed by atoms with van der Waals surface area (Å²) < 4.78 is 11.0. The summed E-state index contributed by atoms with van der Waals surface area (Å²) in [4.78, 5) is 32.9. The van der Waals surface area contributed by atoms with Crippen molar-refractivity contribution in [1.29, 1.82) is 0 Å². The maximum Gasteiger partial charge on any atom is 0.238 e. The smallest absolute Gasteiger partial charge is 0.238 e. The number of hydrogen-bond donors (Lipinski definition) is 1. The summed E-state index contributed by atoms with van der Waals surface area (Å²) in [6, 6.07) is 18.4. The van der Waals surface area contributed by atoms with Crippen LogP contribution in [0.15, 0.2) is 73.1 Å². The monoisotopic (exact) mass is 460 g/mol. The molecular formula is C26H28N4O4. The van der Waals surface area contributed by atoms with E-state index in [2.05, 4.69) is 15.2 Å². The highest BCUT2D eigenvalue weighted by molar-refractivity contribution is 5.92. The van der Waals surface area contributed by atoms with Crippen molar-refractivity contribution in [2.75, 3.05) is 38.6 Å². The Balaban J connectivity index is 1.35. The van der Waals surface area contributed by atoms with Gasteiger partial charge in [0.1, 0.15) is 17.2 Å². The van der Waals surface area contributed by atoms with Gasteiger partial charge >= 0.3 is 0 Å². The summed E-state index contributed by atoms with van der Waals surface area (Å²) in [7, 11) is 1.62. The Hall–Kier alpha value is -3.91. The maximum absolute atomic E-state index is 12.7. The van der Waals surface area contributed by atoms with E-state index in [1.807, 2.05) is 35.2 Å². The molecule has 4 rings (SSSR count). The van der Waals surface area contributed by atoms with Gasteiger partial charge in [-0.1, -0.05) is 12.1 Å². The Labute approximate surface area is 199 Å². The Kier molecular flexibility index (Phi) is 7.39. The number of carbonyl (C=O) groups is 2. The normalized spacial score (nSPS) is 16.1. The summed E-state index contributed by atoms with van der Waals surface area (Å²) >= 11 is 0. The van der Waals surface area contributed by atoms with Gasteiger partial charge in [0, 0.05) is 38.4 Å². The number of carbonyl (C=O) groups excluding carboxylic acids is 2. The minimum absolute atomic E-state index is 0.0264. The highest BCUT2D eigenvalue weighted by atomic mass is 16.5. The molecule has 2 heterocycles. The number of nitrogens with zero attached hydrogens (tertiary/aromatic N) is 3. The lowest BCUT2D eigenvalue weighted by atomic mass is 10.0. The first kappa shape index (κ1) is 23.3. The van der Waals surface area contributed by atoms with Crippen molar-refractivity contribution in [3.8, 4) is 17.2 Å². The van der Waals surface area contributed by atoms with Gasteiger partial charge in [0.05, 0.1) is 25.9 Å². The van der Waals surface area contributed by atoms with Crippen LogP contribution in [-0.4, -0.2) is 59.9 Å². The molecule has 2 amide bonds. The number of nitrogens with one attached hydrogen (secondary N) is 1. The number of ether oxygens (including phenoxy) is 2. The summed E-state index contributed by atoms with van der Waals surface area (Å²) in [5.41, 5.74) is 1.71. The fourth-order valence-corrected chi connectivity index (χ4v) is 4.02. The SMILES string of the molecule is COc1ccc([C@@H]2CN(CC(=O)Nc3ccc(Oc4cccnc4)cc3)CCN2C(C)=O)cc1. The number of pyridine rings is 1. The van der Waals surface area contributed by atoms with Gasteiger partial charge < -0.3 is 19.7 Å². The van der Waals surface area contributed by atoms with Crippen LogP contribution in [0.5, 0.6) is 17.2 Å². The second kappa shape index (κ2) is 10.8. The molecular weight excluding hydrogens is 432 g/mol. The van der Waals surface area contributed by atoms with Crippen molar-refractivity contribution in [3.05, 3.63) is 78.6 Å². The number of hydrogen-bond acceptors (Lipinski definition) is 6. The van der Waals surface area contributed by atoms with E-state index in [1.165, 1.54) is 0 Å². The van der Waals surface area contributed by atoms with Crippen LogP contribution in [0.25, 0.3) is 0 Å². The van der Waals surface area contributed by atoms with Gasteiger partial charge in [-0.25, -0.2) is 0 Å². The fraction of sp³-hybridized carbons (Fsp3) is 0.269. The van der Waals surface area contributed by atoms with Gasteiger partial charge in [0.15, 0.2) is 0 Å². The molecule has 1 aromatic heterocycles. The first-order chi connectivity index (χ1) is 16.5. The van der Waals surface area contributed by atoms with Crippen molar-refractivity contribution in [2.24, 2.45) is 0 Å². The molecule has 1 aliphatic heterocycles.